The van der Waals surface area contributed by atoms with Gasteiger partial charge in [0.1, 0.15) is 26.9 Å². The molecule has 1 amide bonds. The molecule has 0 unspecified atom stereocenters. The second-order valence-corrected chi connectivity index (χ2v) is 23.0. The van der Waals surface area contributed by atoms with Crippen LogP contribution in [0.3, 0.4) is 0 Å². The average Bonchev–Trinajstić information content (AvgIpc) is 3.16. The molecule has 0 bridgehead atoms. The minimum absolute atomic E-state index is 0.0103. The van der Waals surface area contributed by atoms with Crippen molar-refractivity contribution in [3.63, 3.8) is 0 Å². The van der Waals surface area contributed by atoms with Gasteiger partial charge in [0.15, 0.2) is 11.6 Å². The third-order valence-corrected chi connectivity index (χ3v) is 19.6. The van der Waals surface area contributed by atoms with Gasteiger partial charge in [0.2, 0.25) is 0 Å². The van der Waals surface area contributed by atoms with Crippen molar-refractivity contribution in [3.8, 4) is 0 Å². The zero-order valence-corrected chi connectivity index (χ0v) is 35.3. The van der Waals surface area contributed by atoms with Crippen molar-refractivity contribution in [2.45, 2.75) is 141 Å². The van der Waals surface area contributed by atoms with Crippen LogP contribution in [0.5, 0.6) is 0 Å². The summed E-state index contributed by atoms with van der Waals surface area (Å²) in [6.07, 6.45) is 3.50. The fourth-order valence-electron chi connectivity index (χ4n) is 9.87. The van der Waals surface area contributed by atoms with Crippen LogP contribution in [-0.4, -0.2) is 55.5 Å². The van der Waals surface area contributed by atoms with Crippen LogP contribution in [0.25, 0.3) is 0 Å². The largest absolute Gasteiger partial charge is 0.446 e. The molecule has 4 atom stereocenters. The Morgan fingerprint density at radius 2 is 1.29 bits per heavy atom. The maximum Gasteiger partial charge on any atom is 0.414 e. The van der Waals surface area contributed by atoms with Gasteiger partial charge in [-0.15, -0.1) is 0 Å². The molecule has 0 radical (unpaired) electrons. The highest BCUT2D eigenvalue weighted by molar-refractivity contribution is 6.93. The van der Waals surface area contributed by atoms with E-state index in [9.17, 15) is 14.4 Å². The Kier molecular flexibility index (Phi) is 14.5. The van der Waals surface area contributed by atoms with E-state index in [0.29, 0.717) is 0 Å². The van der Waals surface area contributed by atoms with Gasteiger partial charge in [0, 0.05) is 18.5 Å². The van der Waals surface area contributed by atoms with Crippen LogP contribution < -0.4 is 0 Å². The second-order valence-electron chi connectivity index (χ2n) is 17.1. The predicted octanol–water partition coefficient (Wildman–Crippen LogP) is 10.8. The lowest BCUT2D eigenvalue weighted by Crippen LogP contribution is -2.58. The summed E-state index contributed by atoms with van der Waals surface area (Å²) in [5.74, 6) is -0.237. The van der Waals surface area contributed by atoms with E-state index in [4.69, 9.17) is 14.2 Å². The molecule has 2 aliphatic rings. The molecule has 5 rings (SSSR count). The molecule has 1 heterocycles. The van der Waals surface area contributed by atoms with E-state index < -0.39 is 26.3 Å². The summed E-state index contributed by atoms with van der Waals surface area (Å²) in [6.45, 7) is 17.9. The van der Waals surface area contributed by atoms with Gasteiger partial charge in [-0.2, -0.15) is 0 Å². The molecule has 1 aliphatic carbocycles. The van der Waals surface area contributed by atoms with Gasteiger partial charge in [0.25, 0.3) is 0 Å². The first-order valence-corrected chi connectivity index (χ1v) is 22.6. The number of Topliss-reactive ketones (excluding diaryl/α,β-unsaturated/α-hetero) is 2. The second kappa shape index (κ2) is 18.9. The fourth-order valence-corrected chi connectivity index (χ4v) is 16.7. The minimum Gasteiger partial charge on any atom is -0.446 e. The Balaban J connectivity index is 1.54. The van der Waals surface area contributed by atoms with Crippen LogP contribution in [0.1, 0.15) is 104 Å². The summed E-state index contributed by atoms with van der Waals surface area (Å²) < 4.78 is 19.1. The molecule has 3 aromatic carbocycles. The van der Waals surface area contributed by atoms with Gasteiger partial charge >= 0.3 is 6.09 Å². The number of rotatable bonds is 16. The van der Waals surface area contributed by atoms with Crippen molar-refractivity contribution in [1.29, 1.82) is 0 Å². The molecule has 1 fully saturated rings. The lowest BCUT2D eigenvalue weighted by molar-refractivity contribution is -0.142. The number of amides is 1. The Bertz CT molecular complexity index is 1720. The van der Waals surface area contributed by atoms with Crippen molar-refractivity contribution < 1.29 is 28.6 Å². The van der Waals surface area contributed by atoms with E-state index in [0.717, 1.165) is 42.0 Å². The highest BCUT2D eigenvalue weighted by Gasteiger charge is 2.53. The summed E-state index contributed by atoms with van der Waals surface area (Å²) >= 11 is 0. The highest BCUT2D eigenvalue weighted by atomic mass is 28.3. The van der Waals surface area contributed by atoms with Crippen LogP contribution >= 0.6 is 0 Å². The molecule has 0 saturated heterocycles. The zero-order chi connectivity index (χ0) is 39.8. The number of allylic oxidation sites excluding steroid dienone is 1. The first kappa shape index (κ1) is 42.3. The molecule has 55 heavy (non-hydrogen) atoms. The molecule has 0 aromatic heterocycles. The minimum atomic E-state index is -2.53. The molecular weight excluding hydrogens is 703 g/mol. The normalized spacial score (nSPS) is 20.1. The van der Waals surface area contributed by atoms with E-state index in [1.807, 2.05) is 66.7 Å². The number of hydrogen-bond acceptors (Lipinski definition) is 6. The summed E-state index contributed by atoms with van der Waals surface area (Å²) in [5.41, 5.74) is 3.52. The standard InChI is InChI=1S/C47H63NO6Si/c1-33(2)55(34(3)4,35(5)6)44-29-48(46(51)54-43-27-19-18-26-39(43)47(7,8)38-24-16-11-17-25-38)40(28-41(44)49)45(53-31-37-22-14-10-15-23-37)42(50)32-52-30-36-20-12-9-13-21-36/h9-17,20-25,29,33-35,39-40,43,45H,18-19,26-28,30-32H2,1-8H3/t39-,40+,43-,45-/m1/s1. The van der Waals surface area contributed by atoms with E-state index >= 15 is 0 Å². The number of carbonyl (C=O) groups excluding carboxylic acids is 3. The van der Waals surface area contributed by atoms with Crippen LogP contribution in [0.15, 0.2) is 102 Å². The number of benzene rings is 3. The molecule has 296 valence electrons. The lowest BCUT2D eigenvalue weighted by Gasteiger charge is -2.48. The summed E-state index contributed by atoms with van der Waals surface area (Å²) in [6, 6.07) is 28.9. The number of nitrogens with zero attached hydrogens (tertiary/aromatic N) is 1. The number of hydrogen-bond donors (Lipinski definition) is 0. The Morgan fingerprint density at radius 3 is 1.85 bits per heavy atom. The average molecular weight is 766 g/mol. The molecular formula is C47H63NO6Si. The van der Waals surface area contributed by atoms with E-state index in [-0.39, 0.29) is 71.9 Å². The van der Waals surface area contributed by atoms with Crippen LogP contribution in [-0.2, 0) is 42.4 Å². The monoisotopic (exact) mass is 765 g/mol. The summed E-state index contributed by atoms with van der Waals surface area (Å²) in [5, 5.41) is 0.750. The van der Waals surface area contributed by atoms with Gasteiger partial charge in [-0.05, 0) is 63.2 Å². The molecule has 7 nitrogen and oxygen atoms in total. The van der Waals surface area contributed by atoms with Crippen molar-refractivity contribution in [3.05, 3.63) is 119 Å². The summed E-state index contributed by atoms with van der Waals surface area (Å²) in [4.78, 5) is 45.5. The van der Waals surface area contributed by atoms with Crippen molar-refractivity contribution in [2.24, 2.45) is 5.92 Å². The third-order valence-electron chi connectivity index (χ3n) is 12.6. The Morgan fingerprint density at radius 1 is 0.764 bits per heavy atom. The van der Waals surface area contributed by atoms with Gasteiger partial charge in [-0.25, -0.2) is 4.79 Å². The molecule has 1 aliphatic heterocycles. The van der Waals surface area contributed by atoms with Crippen molar-refractivity contribution in [1.82, 2.24) is 4.90 Å². The molecule has 0 spiro atoms. The van der Waals surface area contributed by atoms with E-state index in [2.05, 4.69) is 79.7 Å². The molecule has 1 saturated carbocycles. The Hall–Kier alpha value is -3.85. The van der Waals surface area contributed by atoms with Crippen LogP contribution in [0.2, 0.25) is 16.6 Å². The SMILES string of the molecule is CC(C)[Si](C1=CN(C(=O)O[C@@H]2CCCC[C@H]2C(C)(C)c2ccccc2)[C@H]([C@@H](OCc2ccccc2)C(=O)COCc2ccccc2)CC1=O)(C(C)C)C(C)C. The van der Waals surface area contributed by atoms with Crippen LogP contribution in [0, 0.1) is 5.92 Å². The number of ketones is 2. The van der Waals surface area contributed by atoms with Gasteiger partial charge < -0.3 is 14.2 Å². The quantitative estimate of drug-likeness (QED) is 0.135. The lowest BCUT2D eigenvalue weighted by atomic mass is 9.66. The smallest absolute Gasteiger partial charge is 0.414 e. The van der Waals surface area contributed by atoms with Crippen molar-refractivity contribution in [2.75, 3.05) is 6.61 Å². The number of carbonyl (C=O) groups is 3. The molecule has 3 aromatic rings. The van der Waals surface area contributed by atoms with E-state index in [1.165, 1.54) is 5.56 Å². The van der Waals surface area contributed by atoms with Gasteiger partial charge in [0.05, 0.1) is 19.3 Å². The molecule has 0 N–H and O–H groups in total. The fraction of sp³-hybridized carbons (Fsp3) is 0.511. The number of ether oxygens (including phenoxy) is 3. The third kappa shape index (κ3) is 9.58. The first-order valence-electron chi connectivity index (χ1n) is 20.4. The first-order chi connectivity index (χ1) is 26.3. The van der Waals surface area contributed by atoms with Crippen LogP contribution in [0.4, 0.5) is 4.79 Å². The topological polar surface area (TPSA) is 82.1 Å². The Labute approximate surface area is 330 Å². The van der Waals surface area contributed by atoms with E-state index in [1.54, 1.807) is 11.1 Å². The maximum absolute atomic E-state index is 14.9. The highest BCUT2D eigenvalue weighted by Crippen LogP contribution is 2.49. The van der Waals surface area contributed by atoms with Crippen molar-refractivity contribution >= 4 is 25.7 Å². The predicted molar refractivity (Wildman–Crippen MR) is 222 cm³/mol. The summed E-state index contributed by atoms with van der Waals surface area (Å²) in [7, 11) is -2.53. The van der Waals surface area contributed by atoms with Gasteiger partial charge in [-0.1, -0.05) is 153 Å². The zero-order valence-electron chi connectivity index (χ0n) is 34.3. The maximum atomic E-state index is 14.9. The molecule has 8 heteroatoms. The van der Waals surface area contributed by atoms with Gasteiger partial charge in [-0.3, -0.25) is 14.5 Å².